The molecule has 0 bridgehead atoms. The van der Waals surface area contributed by atoms with Crippen LogP contribution in [0.15, 0.2) is 53.2 Å². The van der Waals surface area contributed by atoms with Crippen molar-refractivity contribution in [3.8, 4) is 11.5 Å². The van der Waals surface area contributed by atoms with Crippen LogP contribution in [-0.2, 0) is 13.2 Å². The van der Waals surface area contributed by atoms with Crippen LogP contribution in [0.4, 0.5) is 0 Å². The summed E-state index contributed by atoms with van der Waals surface area (Å²) in [6, 6.07) is 12.2. The Balaban J connectivity index is 1.71. The third-order valence-corrected chi connectivity index (χ3v) is 3.76. The lowest BCUT2D eigenvalue weighted by molar-refractivity contribution is 0.240. The predicted molar refractivity (Wildman–Crippen MR) is 91.2 cm³/mol. The van der Waals surface area contributed by atoms with E-state index in [0.29, 0.717) is 17.4 Å². The number of hydrogen-bond acceptors (Lipinski definition) is 5. The minimum atomic E-state index is 0.361. The molecule has 2 aromatic heterocycles. The summed E-state index contributed by atoms with van der Waals surface area (Å²) in [6.45, 7) is 3.47. The lowest BCUT2D eigenvalue weighted by Crippen LogP contribution is -2.22. The molecule has 5 nitrogen and oxygen atoms in total. The molecule has 0 saturated heterocycles. The molecule has 0 atom stereocenters. The van der Waals surface area contributed by atoms with Crippen molar-refractivity contribution in [3.63, 3.8) is 0 Å². The van der Waals surface area contributed by atoms with E-state index in [4.69, 9.17) is 16.6 Å². The van der Waals surface area contributed by atoms with Crippen molar-refractivity contribution in [1.29, 1.82) is 0 Å². The lowest BCUT2D eigenvalue weighted by atomic mass is 10.1. The van der Waals surface area contributed by atoms with E-state index in [1.54, 1.807) is 17.1 Å². The smallest absolute Gasteiger partial charge is 0.288 e. The first-order valence-corrected chi connectivity index (χ1v) is 7.75. The first-order chi connectivity index (χ1) is 11.1. The number of aryl methyl sites for hydroxylation is 1. The molecule has 3 aromatic rings. The van der Waals surface area contributed by atoms with Gasteiger partial charge in [-0.3, -0.25) is 9.88 Å². The van der Waals surface area contributed by atoms with Gasteiger partial charge in [-0.1, -0.05) is 29.8 Å². The van der Waals surface area contributed by atoms with Gasteiger partial charge in [0.2, 0.25) is 5.89 Å². The molecule has 23 heavy (non-hydrogen) atoms. The van der Waals surface area contributed by atoms with Gasteiger partial charge >= 0.3 is 0 Å². The standard InChI is InChI=1S/C17H18N4OS/c1-13-5-7-14(8-6-13)11-20(2)12-21-17(23)22-16(19-21)15-4-3-9-18-10-15/h3-10H,11-12H2,1-2H3. The van der Waals surface area contributed by atoms with Crippen LogP contribution >= 0.6 is 12.2 Å². The topological polar surface area (TPSA) is 47.1 Å². The molecule has 118 valence electrons. The van der Waals surface area contributed by atoms with E-state index in [1.165, 1.54) is 11.1 Å². The molecule has 0 aliphatic carbocycles. The molecule has 0 fully saturated rings. The molecule has 0 N–H and O–H groups in total. The van der Waals surface area contributed by atoms with Gasteiger partial charge in [0.25, 0.3) is 4.84 Å². The van der Waals surface area contributed by atoms with Crippen molar-refractivity contribution in [3.05, 3.63) is 64.8 Å². The van der Waals surface area contributed by atoms with Crippen LogP contribution < -0.4 is 0 Å². The maximum absolute atomic E-state index is 5.57. The predicted octanol–water partition coefficient (Wildman–Crippen LogP) is 3.67. The van der Waals surface area contributed by atoms with Crippen LogP contribution in [0.3, 0.4) is 0 Å². The van der Waals surface area contributed by atoms with Crippen molar-refractivity contribution in [2.24, 2.45) is 0 Å². The zero-order valence-electron chi connectivity index (χ0n) is 13.1. The summed E-state index contributed by atoms with van der Waals surface area (Å²) in [5.41, 5.74) is 3.33. The summed E-state index contributed by atoms with van der Waals surface area (Å²) in [5.74, 6) is 0.492. The van der Waals surface area contributed by atoms with Crippen LogP contribution in [-0.4, -0.2) is 26.7 Å². The molecule has 2 heterocycles. The molecule has 0 saturated carbocycles. The van der Waals surface area contributed by atoms with Gasteiger partial charge in [0.05, 0.1) is 12.2 Å². The molecule has 0 radical (unpaired) electrons. The molecule has 0 aliphatic heterocycles. The number of benzene rings is 1. The second-order valence-corrected chi connectivity index (χ2v) is 5.90. The van der Waals surface area contributed by atoms with Crippen LogP contribution in [0.2, 0.25) is 0 Å². The van der Waals surface area contributed by atoms with Gasteiger partial charge in [0.15, 0.2) is 0 Å². The largest absolute Gasteiger partial charge is 0.409 e. The summed E-state index contributed by atoms with van der Waals surface area (Å²) in [7, 11) is 2.03. The first kappa shape index (κ1) is 15.6. The summed E-state index contributed by atoms with van der Waals surface area (Å²) in [6.07, 6.45) is 3.42. The van der Waals surface area contributed by atoms with Crippen LogP contribution in [0.1, 0.15) is 11.1 Å². The fourth-order valence-electron chi connectivity index (χ4n) is 2.29. The lowest BCUT2D eigenvalue weighted by Gasteiger charge is -2.16. The van der Waals surface area contributed by atoms with Crippen molar-refractivity contribution < 1.29 is 4.42 Å². The third-order valence-electron chi connectivity index (χ3n) is 3.46. The summed E-state index contributed by atoms with van der Waals surface area (Å²) < 4.78 is 7.25. The molecule has 1 aromatic carbocycles. The Labute approximate surface area is 140 Å². The normalized spacial score (nSPS) is 11.1. The Morgan fingerprint density at radius 3 is 2.70 bits per heavy atom. The molecule has 6 heteroatoms. The van der Waals surface area contributed by atoms with E-state index in [9.17, 15) is 0 Å². The monoisotopic (exact) mass is 326 g/mol. The Hall–Kier alpha value is -2.31. The number of pyridine rings is 1. The van der Waals surface area contributed by atoms with E-state index in [-0.39, 0.29) is 0 Å². The number of rotatable bonds is 5. The molecular formula is C17H18N4OS. The molecule has 0 unspecified atom stereocenters. The summed E-state index contributed by atoms with van der Waals surface area (Å²) >= 11 is 5.26. The van der Waals surface area contributed by atoms with Gasteiger partial charge in [0.1, 0.15) is 0 Å². The Bertz CT molecular complexity index is 824. The average molecular weight is 326 g/mol. The van der Waals surface area contributed by atoms with E-state index in [2.05, 4.69) is 46.2 Å². The molecular weight excluding hydrogens is 308 g/mol. The van der Waals surface area contributed by atoms with Gasteiger partial charge < -0.3 is 4.42 Å². The molecule has 0 spiro atoms. The number of nitrogens with zero attached hydrogens (tertiary/aromatic N) is 4. The van der Waals surface area contributed by atoms with Crippen molar-refractivity contribution >= 4 is 12.2 Å². The highest BCUT2D eigenvalue weighted by Gasteiger charge is 2.10. The van der Waals surface area contributed by atoms with Crippen LogP contribution in [0.5, 0.6) is 0 Å². The Kier molecular flexibility index (Phi) is 4.64. The van der Waals surface area contributed by atoms with Gasteiger partial charge in [-0.2, -0.15) is 0 Å². The third kappa shape index (κ3) is 3.91. The number of aromatic nitrogens is 3. The van der Waals surface area contributed by atoms with Crippen molar-refractivity contribution in [2.75, 3.05) is 7.05 Å². The summed E-state index contributed by atoms with van der Waals surface area (Å²) in [5, 5.41) is 4.44. The van der Waals surface area contributed by atoms with E-state index in [1.807, 2.05) is 19.2 Å². The Morgan fingerprint density at radius 1 is 1.22 bits per heavy atom. The second-order valence-electron chi connectivity index (χ2n) is 5.56. The van der Waals surface area contributed by atoms with E-state index in [0.717, 1.165) is 12.1 Å². The highest BCUT2D eigenvalue weighted by Crippen LogP contribution is 2.16. The average Bonchev–Trinajstić information content (AvgIpc) is 2.91. The van der Waals surface area contributed by atoms with E-state index < -0.39 is 0 Å². The second kappa shape index (κ2) is 6.85. The van der Waals surface area contributed by atoms with Gasteiger partial charge in [-0.05, 0) is 43.9 Å². The Morgan fingerprint density at radius 2 is 2.00 bits per heavy atom. The fourth-order valence-corrected chi connectivity index (χ4v) is 2.46. The minimum Gasteiger partial charge on any atom is -0.409 e. The SMILES string of the molecule is Cc1ccc(CN(C)Cn2nc(-c3cccnc3)oc2=S)cc1. The van der Waals surface area contributed by atoms with Gasteiger partial charge in [0, 0.05) is 18.9 Å². The van der Waals surface area contributed by atoms with Crippen molar-refractivity contribution in [1.82, 2.24) is 19.7 Å². The van der Waals surface area contributed by atoms with E-state index >= 15 is 0 Å². The zero-order valence-corrected chi connectivity index (χ0v) is 14.0. The quantitative estimate of drug-likeness (QED) is 0.670. The molecule has 3 rings (SSSR count). The first-order valence-electron chi connectivity index (χ1n) is 7.34. The fraction of sp³-hybridized carbons (Fsp3) is 0.235. The molecule has 0 amide bonds. The summed E-state index contributed by atoms with van der Waals surface area (Å²) in [4.78, 5) is 6.57. The minimum absolute atomic E-state index is 0.361. The highest BCUT2D eigenvalue weighted by atomic mass is 32.1. The van der Waals surface area contributed by atoms with Gasteiger partial charge in [-0.25, -0.2) is 4.68 Å². The number of hydrogen-bond donors (Lipinski definition) is 0. The van der Waals surface area contributed by atoms with Crippen LogP contribution in [0.25, 0.3) is 11.5 Å². The highest BCUT2D eigenvalue weighted by molar-refractivity contribution is 7.71. The van der Waals surface area contributed by atoms with Gasteiger partial charge in [-0.15, -0.1) is 5.10 Å². The van der Waals surface area contributed by atoms with Crippen LogP contribution in [0, 0.1) is 11.8 Å². The van der Waals surface area contributed by atoms with Crippen molar-refractivity contribution in [2.45, 2.75) is 20.1 Å². The maximum atomic E-state index is 5.57. The maximum Gasteiger partial charge on any atom is 0.288 e. The zero-order chi connectivity index (χ0) is 16.2. The molecule has 0 aliphatic rings.